The first kappa shape index (κ1) is 18.6. The Morgan fingerprint density at radius 1 is 1.39 bits per heavy atom. The first-order valence-electron chi connectivity index (χ1n) is 7.70. The number of carbonyl (C=O) groups is 1. The van der Waals surface area contributed by atoms with E-state index >= 15 is 0 Å². The standard InChI is InChI=1S/C18H24N2O3/c1-14(2)5-4-11-20-18(21)9-7-15-6-8-16(23-12-10-19)17(13-15)22-3/h6-9,13-14H,4-5,11-12H2,1-3H3,(H,20,21)/b9-7+. The number of nitrogens with one attached hydrogen (secondary N) is 1. The Morgan fingerprint density at radius 2 is 2.17 bits per heavy atom. The second-order valence-electron chi connectivity index (χ2n) is 5.52. The zero-order chi connectivity index (χ0) is 17.1. The van der Waals surface area contributed by atoms with Crippen LogP contribution in [0.2, 0.25) is 0 Å². The van der Waals surface area contributed by atoms with Crippen LogP contribution in [-0.2, 0) is 4.79 Å². The summed E-state index contributed by atoms with van der Waals surface area (Å²) in [5.41, 5.74) is 0.823. The number of hydrogen-bond donors (Lipinski definition) is 1. The molecule has 0 aliphatic heterocycles. The van der Waals surface area contributed by atoms with Gasteiger partial charge in [-0.3, -0.25) is 4.79 Å². The molecule has 5 heteroatoms. The van der Waals surface area contributed by atoms with Crippen molar-refractivity contribution in [3.8, 4) is 17.6 Å². The first-order chi connectivity index (χ1) is 11.1. The van der Waals surface area contributed by atoms with Crippen molar-refractivity contribution in [2.24, 2.45) is 5.92 Å². The lowest BCUT2D eigenvalue weighted by Crippen LogP contribution is -2.22. The van der Waals surface area contributed by atoms with Crippen LogP contribution in [0.25, 0.3) is 6.08 Å². The lowest BCUT2D eigenvalue weighted by atomic mass is 10.1. The van der Waals surface area contributed by atoms with Crippen molar-refractivity contribution >= 4 is 12.0 Å². The van der Waals surface area contributed by atoms with E-state index in [1.54, 1.807) is 24.3 Å². The fourth-order valence-corrected chi connectivity index (χ4v) is 1.97. The Hall–Kier alpha value is -2.48. The molecule has 0 aliphatic rings. The van der Waals surface area contributed by atoms with Gasteiger partial charge < -0.3 is 14.8 Å². The molecular formula is C18H24N2O3. The predicted molar refractivity (Wildman–Crippen MR) is 90.2 cm³/mol. The number of carbonyl (C=O) groups excluding carboxylic acids is 1. The zero-order valence-corrected chi connectivity index (χ0v) is 14.0. The summed E-state index contributed by atoms with van der Waals surface area (Å²) in [5.74, 6) is 1.57. The maximum absolute atomic E-state index is 11.7. The normalized spacial score (nSPS) is 10.6. The summed E-state index contributed by atoms with van der Waals surface area (Å²) in [6, 6.07) is 7.19. The summed E-state index contributed by atoms with van der Waals surface area (Å²) in [6.07, 6.45) is 5.30. The van der Waals surface area contributed by atoms with Gasteiger partial charge >= 0.3 is 0 Å². The van der Waals surface area contributed by atoms with Gasteiger partial charge in [0.25, 0.3) is 0 Å². The van der Waals surface area contributed by atoms with Crippen LogP contribution in [0.4, 0.5) is 0 Å². The van der Waals surface area contributed by atoms with E-state index in [9.17, 15) is 4.79 Å². The molecule has 1 aromatic carbocycles. The molecule has 5 nitrogen and oxygen atoms in total. The molecule has 0 radical (unpaired) electrons. The predicted octanol–water partition coefficient (Wildman–Crippen LogP) is 3.16. The molecule has 0 atom stereocenters. The Kier molecular flexibility index (Phi) is 8.30. The number of nitriles is 1. The van der Waals surface area contributed by atoms with Crippen molar-refractivity contribution in [1.82, 2.24) is 5.32 Å². The van der Waals surface area contributed by atoms with Crippen LogP contribution in [0.15, 0.2) is 24.3 Å². The van der Waals surface area contributed by atoms with Gasteiger partial charge in [0.05, 0.1) is 7.11 Å². The van der Waals surface area contributed by atoms with Crippen molar-refractivity contribution < 1.29 is 14.3 Å². The summed E-state index contributed by atoms with van der Waals surface area (Å²) in [4.78, 5) is 11.7. The van der Waals surface area contributed by atoms with Gasteiger partial charge in [-0.2, -0.15) is 5.26 Å². The lowest BCUT2D eigenvalue weighted by Gasteiger charge is -2.08. The van der Waals surface area contributed by atoms with Gasteiger partial charge in [0.2, 0.25) is 5.91 Å². The van der Waals surface area contributed by atoms with Crippen LogP contribution < -0.4 is 14.8 Å². The topological polar surface area (TPSA) is 71.3 Å². The van der Waals surface area contributed by atoms with Crippen LogP contribution in [-0.4, -0.2) is 26.2 Å². The van der Waals surface area contributed by atoms with E-state index in [1.165, 1.54) is 13.2 Å². The summed E-state index contributed by atoms with van der Waals surface area (Å²) in [5, 5.41) is 11.4. The highest BCUT2D eigenvalue weighted by molar-refractivity contribution is 5.91. The molecule has 0 saturated carbocycles. The molecule has 0 aromatic heterocycles. The second kappa shape index (κ2) is 10.3. The number of rotatable bonds is 9. The third-order valence-electron chi connectivity index (χ3n) is 3.16. The van der Waals surface area contributed by atoms with E-state index in [-0.39, 0.29) is 12.5 Å². The van der Waals surface area contributed by atoms with Crippen molar-refractivity contribution in [2.75, 3.05) is 20.3 Å². The average Bonchev–Trinajstić information content (AvgIpc) is 2.55. The molecule has 1 rings (SSSR count). The molecule has 0 fully saturated rings. The Morgan fingerprint density at radius 3 is 2.83 bits per heavy atom. The third-order valence-corrected chi connectivity index (χ3v) is 3.16. The number of ether oxygens (including phenoxy) is 2. The number of benzene rings is 1. The molecule has 1 aromatic rings. The SMILES string of the molecule is COc1cc(/C=C/C(=O)NCCCC(C)C)ccc1OCC#N. The van der Waals surface area contributed by atoms with Crippen molar-refractivity contribution in [2.45, 2.75) is 26.7 Å². The Bertz CT molecular complexity index is 574. The third kappa shape index (κ3) is 7.37. The second-order valence-corrected chi connectivity index (χ2v) is 5.52. The van der Waals surface area contributed by atoms with Gasteiger partial charge in [-0.05, 0) is 42.5 Å². The summed E-state index contributed by atoms with van der Waals surface area (Å²) >= 11 is 0. The summed E-state index contributed by atoms with van der Waals surface area (Å²) < 4.78 is 10.5. The van der Waals surface area contributed by atoms with Gasteiger partial charge in [0.15, 0.2) is 18.1 Å². The highest BCUT2D eigenvalue weighted by atomic mass is 16.5. The number of hydrogen-bond acceptors (Lipinski definition) is 4. The quantitative estimate of drug-likeness (QED) is 0.561. The Balaban J connectivity index is 2.55. The summed E-state index contributed by atoms with van der Waals surface area (Å²) in [6.45, 7) is 4.98. The van der Waals surface area contributed by atoms with E-state index < -0.39 is 0 Å². The smallest absolute Gasteiger partial charge is 0.243 e. The minimum atomic E-state index is -0.113. The van der Waals surface area contributed by atoms with Crippen molar-refractivity contribution in [3.63, 3.8) is 0 Å². The highest BCUT2D eigenvalue weighted by Gasteiger charge is 2.04. The number of nitrogens with zero attached hydrogens (tertiary/aromatic N) is 1. The van der Waals surface area contributed by atoms with E-state index in [0.717, 1.165) is 18.4 Å². The van der Waals surface area contributed by atoms with E-state index in [4.69, 9.17) is 14.7 Å². The molecule has 1 amide bonds. The van der Waals surface area contributed by atoms with Gasteiger partial charge in [0, 0.05) is 12.6 Å². The van der Waals surface area contributed by atoms with Crippen LogP contribution in [0.3, 0.4) is 0 Å². The highest BCUT2D eigenvalue weighted by Crippen LogP contribution is 2.28. The number of methoxy groups -OCH3 is 1. The van der Waals surface area contributed by atoms with Gasteiger partial charge in [-0.25, -0.2) is 0 Å². The van der Waals surface area contributed by atoms with Crippen molar-refractivity contribution in [3.05, 3.63) is 29.8 Å². The minimum Gasteiger partial charge on any atom is -0.493 e. The maximum Gasteiger partial charge on any atom is 0.243 e. The largest absolute Gasteiger partial charge is 0.493 e. The van der Waals surface area contributed by atoms with Gasteiger partial charge in [0.1, 0.15) is 6.07 Å². The monoisotopic (exact) mass is 316 g/mol. The van der Waals surface area contributed by atoms with Crippen LogP contribution in [0.5, 0.6) is 11.5 Å². The lowest BCUT2D eigenvalue weighted by molar-refractivity contribution is -0.116. The average molecular weight is 316 g/mol. The molecule has 0 bridgehead atoms. The van der Waals surface area contributed by atoms with Crippen LogP contribution in [0.1, 0.15) is 32.3 Å². The van der Waals surface area contributed by atoms with Crippen LogP contribution in [0, 0.1) is 17.2 Å². The van der Waals surface area contributed by atoms with Gasteiger partial charge in [-0.15, -0.1) is 0 Å². The molecule has 1 N–H and O–H groups in total. The Labute approximate surface area is 137 Å². The fraction of sp³-hybridized carbons (Fsp3) is 0.444. The molecular weight excluding hydrogens is 292 g/mol. The van der Waals surface area contributed by atoms with E-state index in [0.29, 0.717) is 24.0 Å². The fourth-order valence-electron chi connectivity index (χ4n) is 1.97. The zero-order valence-electron chi connectivity index (χ0n) is 14.0. The summed E-state index contributed by atoms with van der Waals surface area (Å²) in [7, 11) is 1.53. The first-order valence-corrected chi connectivity index (χ1v) is 7.70. The number of amides is 1. The molecule has 0 heterocycles. The molecule has 23 heavy (non-hydrogen) atoms. The molecule has 124 valence electrons. The molecule has 0 unspecified atom stereocenters. The van der Waals surface area contributed by atoms with Gasteiger partial charge in [-0.1, -0.05) is 19.9 Å². The minimum absolute atomic E-state index is 0.0374. The molecule has 0 aliphatic carbocycles. The van der Waals surface area contributed by atoms with E-state index in [1.807, 2.05) is 6.07 Å². The van der Waals surface area contributed by atoms with Crippen molar-refractivity contribution in [1.29, 1.82) is 5.26 Å². The molecule has 0 saturated heterocycles. The molecule has 0 spiro atoms. The van der Waals surface area contributed by atoms with Crippen LogP contribution >= 0.6 is 0 Å². The van der Waals surface area contributed by atoms with E-state index in [2.05, 4.69) is 19.2 Å². The maximum atomic E-state index is 11.7.